The molecule has 1 saturated carbocycles. The highest BCUT2D eigenvalue weighted by Crippen LogP contribution is 2.20. The van der Waals surface area contributed by atoms with E-state index in [4.69, 9.17) is 4.74 Å². The summed E-state index contributed by atoms with van der Waals surface area (Å²) in [5.41, 5.74) is 1.81. The zero-order valence-electron chi connectivity index (χ0n) is 16.4. The number of amides is 1. The number of halogens is 1. The normalized spacial score (nSPS) is 14.5. The van der Waals surface area contributed by atoms with Gasteiger partial charge in [-0.1, -0.05) is 25.0 Å². The van der Waals surface area contributed by atoms with E-state index < -0.39 is 0 Å². The van der Waals surface area contributed by atoms with E-state index in [1.807, 2.05) is 24.3 Å². The van der Waals surface area contributed by atoms with Gasteiger partial charge in [0, 0.05) is 39.4 Å². The highest BCUT2D eigenvalue weighted by Gasteiger charge is 2.14. The lowest BCUT2D eigenvalue weighted by Gasteiger charge is -2.14. The van der Waals surface area contributed by atoms with Crippen LogP contribution < -0.4 is 16.0 Å². The van der Waals surface area contributed by atoms with Crippen molar-refractivity contribution >= 4 is 35.8 Å². The van der Waals surface area contributed by atoms with E-state index in [1.54, 1.807) is 14.1 Å². The molecule has 0 atom stereocenters. The molecule has 1 aliphatic rings. The van der Waals surface area contributed by atoms with Gasteiger partial charge in [-0.2, -0.15) is 0 Å². The number of carbonyl (C=O) groups excluding carboxylic acids is 1. The third kappa shape index (κ3) is 8.92. The molecule has 27 heavy (non-hydrogen) atoms. The molecule has 1 aromatic rings. The zero-order valence-corrected chi connectivity index (χ0v) is 18.8. The highest BCUT2D eigenvalue weighted by molar-refractivity contribution is 14.0. The first-order chi connectivity index (χ1) is 12.7. The van der Waals surface area contributed by atoms with E-state index in [9.17, 15) is 4.79 Å². The summed E-state index contributed by atoms with van der Waals surface area (Å²) in [6, 6.07) is 7.70. The Kier molecular flexibility index (Phi) is 12.1. The molecule has 1 fully saturated rings. The van der Waals surface area contributed by atoms with Crippen LogP contribution in [0.4, 0.5) is 0 Å². The maximum absolute atomic E-state index is 11.7. The average Bonchev–Trinajstić information content (AvgIpc) is 3.19. The van der Waals surface area contributed by atoms with E-state index in [0.717, 1.165) is 44.1 Å². The summed E-state index contributed by atoms with van der Waals surface area (Å²) >= 11 is 0. The summed E-state index contributed by atoms with van der Waals surface area (Å²) in [6.45, 7) is 2.41. The van der Waals surface area contributed by atoms with Crippen molar-refractivity contribution < 1.29 is 9.53 Å². The van der Waals surface area contributed by atoms with Crippen LogP contribution in [-0.4, -0.2) is 51.8 Å². The Labute approximate surface area is 179 Å². The Morgan fingerprint density at radius 3 is 2.67 bits per heavy atom. The second kappa shape index (κ2) is 13.8. The molecule has 3 N–H and O–H groups in total. The third-order valence-corrected chi connectivity index (χ3v) is 4.62. The minimum Gasteiger partial charge on any atom is -0.378 e. The SMILES string of the molecule is CN=C(NCCCOC1CCCC1)NCCc1cccc(C(=O)NC)c1.I. The van der Waals surface area contributed by atoms with Crippen LogP contribution in [0.2, 0.25) is 0 Å². The molecule has 1 amide bonds. The third-order valence-electron chi connectivity index (χ3n) is 4.62. The predicted octanol–water partition coefficient (Wildman–Crippen LogP) is 2.72. The molecular formula is C20H33IN4O2. The second-order valence-electron chi connectivity index (χ2n) is 6.59. The molecule has 0 spiro atoms. The van der Waals surface area contributed by atoms with Crippen molar-refractivity contribution in [2.75, 3.05) is 33.8 Å². The molecular weight excluding hydrogens is 455 g/mol. The van der Waals surface area contributed by atoms with E-state index in [-0.39, 0.29) is 29.9 Å². The van der Waals surface area contributed by atoms with Crippen LogP contribution in [0.3, 0.4) is 0 Å². The quantitative estimate of drug-likeness (QED) is 0.216. The maximum Gasteiger partial charge on any atom is 0.251 e. The summed E-state index contributed by atoms with van der Waals surface area (Å²) in [5, 5.41) is 9.27. The maximum atomic E-state index is 11.7. The Morgan fingerprint density at radius 1 is 1.22 bits per heavy atom. The number of hydrogen-bond donors (Lipinski definition) is 3. The first-order valence-corrected chi connectivity index (χ1v) is 9.60. The Balaban J connectivity index is 0.00000364. The molecule has 0 aliphatic heterocycles. The van der Waals surface area contributed by atoms with Crippen molar-refractivity contribution in [1.82, 2.24) is 16.0 Å². The Bertz CT molecular complexity index is 589. The standard InChI is InChI=1S/C20H32N4O2.HI/c1-21-19(25)17-8-5-7-16(15-17)11-13-24-20(22-2)23-12-6-14-26-18-9-3-4-10-18;/h5,7-8,15,18H,3-4,6,9-14H2,1-2H3,(H,21,25)(H2,22,23,24);1H. The van der Waals surface area contributed by atoms with Gasteiger partial charge in [0.15, 0.2) is 5.96 Å². The molecule has 0 aromatic heterocycles. The van der Waals surface area contributed by atoms with Crippen LogP contribution in [0.15, 0.2) is 29.3 Å². The molecule has 0 heterocycles. The summed E-state index contributed by atoms with van der Waals surface area (Å²) in [7, 11) is 3.42. The van der Waals surface area contributed by atoms with Gasteiger partial charge in [-0.25, -0.2) is 0 Å². The number of aliphatic imine (C=N–C) groups is 1. The van der Waals surface area contributed by atoms with Crippen molar-refractivity contribution in [3.8, 4) is 0 Å². The molecule has 6 nitrogen and oxygen atoms in total. The van der Waals surface area contributed by atoms with Gasteiger partial charge in [0.1, 0.15) is 0 Å². The molecule has 0 radical (unpaired) electrons. The fraction of sp³-hybridized carbons (Fsp3) is 0.600. The minimum atomic E-state index is -0.0582. The lowest BCUT2D eigenvalue weighted by atomic mass is 10.1. The first-order valence-electron chi connectivity index (χ1n) is 9.60. The van der Waals surface area contributed by atoms with Crippen molar-refractivity contribution in [1.29, 1.82) is 0 Å². The van der Waals surface area contributed by atoms with Crippen molar-refractivity contribution in [3.63, 3.8) is 0 Å². The summed E-state index contributed by atoms with van der Waals surface area (Å²) < 4.78 is 5.86. The van der Waals surface area contributed by atoms with E-state index >= 15 is 0 Å². The fourth-order valence-electron chi connectivity index (χ4n) is 3.14. The summed E-state index contributed by atoms with van der Waals surface area (Å²) in [5.74, 6) is 0.741. The first kappa shape index (κ1) is 23.7. The fourth-order valence-corrected chi connectivity index (χ4v) is 3.14. The summed E-state index contributed by atoms with van der Waals surface area (Å²) in [6.07, 6.45) is 7.35. The van der Waals surface area contributed by atoms with Gasteiger partial charge in [-0.05, 0) is 43.4 Å². The monoisotopic (exact) mass is 488 g/mol. The number of nitrogens with one attached hydrogen (secondary N) is 3. The van der Waals surface area contributed by atoms with Crippen molar-refractivity contribution in [2.24, 2.45) is 4.99 Å². The Morgan fingerprint density at radius 2 is 1.96 bits per heavy atom. The van der Waals surface area contributed by atoms with E-state index in [0.29, 0.717) is 11.7 Å². The topological polar surface area (TPSA) is 74.8 Å². The van der Waals surface area contributed by atoms with Gasteiger partial charge in [0.2, 0.25) is 0 Å². The van der Waals surface area contributed by atoms with Gasteiger partial charge in [-0.3, -0.25) is 9.79 Å². The zero-order chi connectivity index (χ0) is 18.6. The van der Waals surface area contributed by atoms with Crippen LogP contribution in [0.1, 0.15) is 48.0 Å². The lowest BCUT2D eigenvalue weighted by molar-refractivity contribution is 0.0574. The smallest absolute Gasteiger partial charge is 0.251 e. The van der Waals surface area contributed by atoms with Crippen LogP contribution in [-0.2, 0) is 11.2 Å². The average molecular weight is 488 g/mol. The molecule has 1 aliphatic carbocycles. The van der Waals surface area contributed by atoms with Gasteiger partial charge in [-0.15, -0.1) is 24.0 Å². The molecule has 0 saturated heterocycles. The number of rotatable bonds is 9. The lowest BCUT2D eigenvalue weighted by Crippen LogP contribution is -2.39. The van der Waals surface area contributed by atoms with Gasteiger partial charge >= 0.3 is 0 Å². The van der Waals surface area contributed by atoms with Gasteiger partial charge < -0.3 is 20.7 Å². The highest BCUT2D eigenvalue weighted by atomic mass is 127. The van der Waals surface area contributed by atoms with Crippen LogP contribution in [0.25, 0.3) is 0 Å². The second-order valence-corrected chi connectivity index (χ2v) is 6.59. The number of nitrogens with zero attached hydrogens (tertiary/aromatic N) is 1. The molecule has 152 valence electrons. The molecule has 0 unspecified atom stereocenters. The minimum absolute atomic E-state index is 0. The molecule has 7 heteroatoms. The number of ether oxygens (including phenoxy) is 1. The molecule has 0 bridgehead atoms. The number of carbonyl (C=O) groups is 1. The van der Waals surface area contributed by atoms with Crippen LogP contribution in [0, 0.1) is 0 Å². The van der Waals surface area contributed by atoms with Gasteiger partial charge in [0.05, 0.1) is 6.10 Å². The largest absolute Gasteiger partial charge is 0.378 e. The molecule has 1 aromatic carbocycles. The van der Waals surface area contributed by atoms with Crippen LogP contribution in [0.5, 0.6) is 0 Å². The van der Waals surface area contributed by atoms with Crippen LogP contribution >= 0.6 is 24.0 Å². The van der Waals surface area contributed by atoms with E-state index in [2.05, 4.69) is 20.9 Å². The van der Waals surface area contributed by atoms with Crippen molar-refractivity contribution in [3.05, 3.63) is 35.4 Å². The number of guanidine groups is 1. The van der Waals surface area contributed by atoms with Crippen molar-refractivity contribution in [2.45, 2.75) is 44.6 Å². The van der Waals surface area contributed by atoms with Gasteiger partial charge in [0.25, 0.3) is 5.91 Å². The number of hydrogen-bond acceptors (Lipinski definition) is 3. The molecule has 2 rings (SSSR count). The van der Waals surface area contributed by atoms with E-state index in [1.165, 1.54) is 25.7 Å². The Hall–Kier alpha value is -1.35. The number of benzene rings is 1. The predicted molar refractivity (Wildman–Crippen MR) is 121 cm³/mol. The summed E-state index contributed by atoms with van der Waals surface area (Å²) in [4.78, 5) is 15.9.